The van der Waals surface area contributed by atoms with Gasteiger partial charge in [-0.2, -0.15) is 0 Å². The summed E-state index contributed by atoms with van der Waals surface area (Å²) in [5.74, 6) is -0.676. The Labute approximate surface area is 126 Å². The van der Waals surface area contributed by atoms with Crippen LogP contribution >= 0.6 is 0 Å². The first-order valence-electron chi connectivity index (χ1n) is 6.38. The van der Waals surface area contributed by atoms with Gasteiger partial charge in [0.1, 0.15) is 5.84 Å². The number of hydrogen-bond acceptors (Lipinski definition) is 5. The van der Waals surface area contributed by atoms with E-state index >= 15 is 0 Å². The van der Waals surface area contributed by atoms with Gasteiger partial charge in [0.25, 0.3) is 5.69 Å². The number of rotatable bonds is 5. The Hall–Kier alpha value is -3.22. The van der Waals surface area contributed by atoms with E-state index in [-0.39, 0.29) is 17.1 Å². The summed E-state index contributed by atoms with van der Waals surface area (Å²) in [6, 6.07) is 14.5. The van der Waals surface area contributed by atoms with Crippen molar-refractivity contribution in [2.24, 2.45) is 10.9 Å². The molecule has 112 valence electrons. The molecule has 0 bridgehead atoms. The van der Waals surface area contributed by atoms with Crippen LogP contribution in [0.15, 0.2) is 59.8 Å². The summed E-state index contributed by atoms with van der Waals surface area (Å²) in [6.07, 6.45) is 0.336. The molecule has 0 aliphatic heterocycles. The normalized spacial score (nSPS) is 11.0. The molecule has 0 aliphatic rings. The van der Waals surface area contributed by atoms with E-state index in [1.807, 2.05) is 30.3 Å². The monoisotopic (exact) mass is 299 g/mol. The molecule has 0 aliphatic carbocycles. The quantitative estimate of drug-likeness (QED) is 0.299. The van der Waals surface area contributed by atoms with E-state index < -0.39 is 10.9 Å². The number of nitro groups is 1. The standard InChI is InChI=1S/C15H13N3O4/c16-14(9-11-5-2-1-3-6-11)17-22-15(19)12-7-4-8-13(10-12)18(20)21/h1-8,10H,9H2,(H2,16,17). The summed E-state index contributed by atoms with van der Waals surface area (Å²) in [4.78, 5) is 26.5. The highest BCUT2D eigenvalue weighted by Crippen LogP contribution is 2.14. The van der Waals surface area contributed by atoms with Crippen molar-refractivity contribution >= 4 is 17.5 Å². The van der Waals surface area contributed by atoms with E-state index in [4.69, 9.17) is 10.6 Å². The highest BCUT2D eigenvalue weighted by molar-refractivity contribution is 5.91. The molecule has 0 fully saturated rings. The fourth-order valence-electron chi connectivity index (χ4n) is 1.74. The molecule has 0 amide bonds. The van der Waals surface area contributed by atoms with Gasteiger partial charge in [0.15, 0.2) is 0 Å². The molecule has 0 spiro atoms. The lowest BCUT2D eigenvalue weighted by atomic mass is 10.1. The second-order valence-corrected chi connectivity index (χ2v) is 4.43. The molecule has 2 aromatic rings. The molecular formula is C15H13N3O4. The van der Waals surface area contributed by atoms with Crippen LogP contribution in [0.5, 0.6) is 0 Å². The highest BCUT2D eigenvalue weighted by Gasteiger charge is 2.13. The predicted octanol–water partition coefficient (Wildman–Crippen LogP) is 2.27. The van der Waals surface area contributed by atoms with Gasteiger partial charge < -0.3 is 10.6 Å². The van der Waals surface area contributed by atoms with Crippen LogP contribution in [0.4, 0.5) is 5.69 Å². The summed E-state index contributed by atoms with van der Waals surface area (Å²) in [5.41, 5.74) is 6.44. The molecule has 7 nitrogen and oxygen atoms in total. The van der Waals surface area contributed by atoms with Gasteiger partial charge in [0.05, 0.1) is 10.5 Å². The molecule has 0 aromatic heterocycles. The fraction of sp³-hybridized carbons (Fsp3) is 0.0667. The van der Waals surface area contributed by atoms with Crippen molar-refractivity contribution in [3.8, 4) is 0 Å². The van der Waals surface area contributed by atoms with E-state index in [9.17, 15) is 14.9 Å². The van der Waals surface area contributed by atoms with Crippen molar-refractivity contribution in [1.29, 1.82) is 0 Å². The van der Waals surface area contributed by atoms with E-state index in [0.29, 0.717) is 6.42 Å². The second kappa shape index (κ2) is 6.98. The maximum absolute atomic E-state index is 11.8. The number of nitrogens with zero attached hydrogens (tertiary/aromatic N) is 2. The molecule has 0 atom stereocenters. The number of nitro benzene ring substituents is 1. The van der Waals surface area contributed by atoms with E-state index in [1.165, 1.54) is 18.2 Å². The average molecular weight is 299 g/mol. The van der Waals surface area contributed by atoms with Crippen LogP contribution in [-0.4, -0.2) is 16.7 Å². The minimum atomic E-state index is -0.806. The van der Waals surface area contributed by atoms with Crippen molar-refractivity contribution in [3.05, 3.63) is 75.8 Å². The maximum atomic E-state index is 11.8. The third kappa shape index (κ3) is 4.14. The first-order valence-corrected chi connectivity index (χ1v) is 6.38. The highest BCUT2D eigenvalue weighted by atomic mass is 16.7. The number of amidine groups is 1. The van der Waals surface area contributed by atoms with Gasteiger partial charge in [-0.25, -0.2) is 4.79 Å². The van der Waals surface area contributed by atoms with Crippen LogP contribution in [0.25, 0.3) is 0 Å². The van der Waals surface area contributed by atoms with Gasteiger partial charge in [-0.1, -0.05) is 41.6 Å². The summed E-state index contributed by atoms with van der Waals surface area (Å²) < 4.78 is 0. The topological polar surface area (TPSA) is 108 Å². The van der Waals surface area contributed by atoms with Crippen molar-refractivity contribution in [1.82, 2.24) is 0 Å². The number of carbonyl (C=O) groups is 1. The summed E-state index contributed by atoms with van der Waals surface area (Å²) in [5, 5.41) is 14.2. The molecule has 2 aromatic carbocycles. The summed E-state index contributed by atoms with van der Waals surface area (Å²) in [6.45, 7) is 0. The van der Waals surface area contributed by atoms with Crippen LogP contribution in [0, 0.1) is 10.1 Å². The number of hydrogen-bond donors (Lipinski definition) is 1. The minimum Gasteiger partial charge on any atom is -0.384 e. The molecule has 0 saturated heterocycles. The molecule has 0 unspecified atom stereocenters. The second-order valence-electron chi connectivity index (χ2n) is 4.43. The zero-order chi connectivity index (χ0) is 15.9. The van der Waals surface area contributed by atoms with Crippen LogP contribution in [-0.2, 0) is 11.3 Å². The largest absolute Gasteiger partial charge is 0.384 e. The first kappa shape index (κ1) is 15.2. The van der Waals surface area contributed by atoms with Crippen LogP contribution in [0.1, 0.15) is 15.9 Å². The number of oxime groups is 1. The minimum absolute atomic E-state index is 0.0328. The fourth-order valence-corrected chi connectivity index (χ4v) is 1.74. The molecule has 0 heterocycles. The van der Waals surface area contributed by atoms with Gasteiger partial charge in [0.2, 0.25) is 0 Å². The van der Waals surface area contributed by atoms with Gasteiger partial charge in [0, 0.05) is 18.6 Å². The lowest BCUT2D eigenvalue weighted by Gasteiger charge is -2.01. The van der Waals surface area contributed by atoms with E-state index in [1.54, 1.807) is 0 Å². The zero-order valence-electron chi connectivity index (χ0n) is 11.5. The van der Waals surface area contributed by atoms with Gasteiger partial charge in [-0.15, -0.1) is 0 Å². The Bertz CT molecular complexity index is 714. The van der Waals surface area contributed by atoms with Crippen LogP contribution < -0.4 is 5.73 Å². The van der Waals surface area contributed by atoms with Gasteiger partial charge in [-0.3, -0.25) is 10.1 Å². The van der Waals surface area contributed by atoms with E-state index in [2.05, 4.69) is 5.16 Å². The van der Waals surface area contributed by atoms with Crippen molar-refractivity contribution < 1.29 is 14.6 Å². The van der Waals surface area contributed by atoms with Crippen molar-refractivity contribution in [2.45, 2.75) is 6.42 Å². The van der Waals surface area contributed by atoms with Crippen molar-refractivity contribution in [3.63, 3.8) is 0 Å². The Morgan fingerprint density at radius 1 is 1.18 bits per heavy atom. The molecular weight excluding hydrogens is 286 g/mol. The molecule has 2 N–H and O–H groups in total. The Balaban J connectivity index is 2.01. The number of non-ortho nitro benzene ring substituents is 1. The van der Waals surface area contributed by atoms with Crippen molar-refractivity contribution in [2.75, 3.05) is 0 Å². The zero-order valence-corrected chi connectivity index (χ0v) is 11.5. The Morgan fingerprint density at radius 2 is 1.91 bits per heavy atom. The SMILES string of the molecule is N/C(Cc1ccccc1)=N/OC(=O)c1cccc([N+](=O)[O-])c1. The Kier molecular flexibility index (Phi) is 4.81. The molecule has 2 rings (SSSR count). The van der Waals surface area contributed by atoms with Crippen LogP contribution in [0.3, 0.4) is 0 Å². The van der Waals surface area contributed by atoms with E-state index in [0.717, 1.165) is 11.6 Å². The smallest absolute Gasteiger partial charge is 0.366 e. The number of carbonyl (C=O) groups excluding carboxylic acids is 1. The number of nitrogens with two attached hydrogens (primary N) is 1. The van der Waals surface area contributed by atoms with Gasteiger partial charge in [-0.05, 0) is 11.6 Å². The predicted molar refractivity (Wildman–Crippen MR) is 80.3 cm³/mol. The van der Waals surface area contributed by atoms with Crippen LogP contribution in [0.2, 0.25) is 0 Å². The molecule has 22 heavy (non-hydrogen) atoms. The lowest BCUT2D eigenvalue weighted by Crippen LogP contribution is -2.16. The third-order valence-electron chi connectivity index (χ3n) is 2.77. The first-order chi connectivity index (χ1) is 10.6. The maximum Gasteiger partial charge on any atom is 0.366 e. The number of benzene rings is 2. The Morgan fingerprint density at radius 3 is 2.59 bits per heavy atom. The molecule has 0 saturated carbocycles. The van der Waals surface area contributed by atoms with Gasteiger partial charge >= 0.3 is 5.97 Å². The summed E-state index contributed by atoms with van der Waals surface area (Å²) >= 11 is 0. The molecule has 0 radical (unpaired) electrons. The average Bonchev–Trinajstić information content (AvgIpc) is 2.53. The molecule has 7 heteroatoms. The third-order valence-corrected chi connectivity index (χ3v) is 2.77. The summed E-state index contributed by atoms with van der Waals surface area (Å²) in [7, 11) is 0. The lowest BCUT2D eigenvalue weighted by molar-refractivity contribution is -0.384.